The minimum absolute atomic E-state index is 0.252. The van der Waals surface area contributed by atoms with Crippen LogP contribution < -0.4 is 0 Å². The molecule has 0 bridgehead atoms. The molecular formula is C9H14N2OS. The van der Waals surface area contributed by atoms with Crippen molar-refractivity contribution in [1.82, 2.24) is 4.98 Å². The molecule has 1 heterocycles. The van der Waals surface area contributed by atoms with Crippen LogP contribution in [0.1, 0.15) is 31.5 Å². The highest BCUT2D eigenvalue weighted by atomic mass is 32.1. The summed E-state index contributed by atoms with van der Waals surface area (Å²) in [5.41, 5.74) is 1.31. The van der Waals surface area contributed by atoms with Crippen molar-refractivity contribution in [1.29, 1.82) is 0 Å². The second kappa shape index (κ2) is 3.87. The van der Waals surface area contributed by atoms with Crippen molar-refractivity contribution in [2.45, 2.75) is 27.2 Å². The Hall–Kier alpha value is -0.900. The number of hydrogen-bond donors (Lipinski definition) is 1. The van der Waals surface area contributed by atoms with Crippen molar-refractivity contribution in [2.24, 2.45) is 10.6 Å². The van der Waals surface area contributed by atoms with E-state index in [0.717, 1.165) is 17.1 Å². The van der Waals surface area contributed by atoms with Crippen molar-refractivity contribution in [3.05, 3.63) is 16.1 Å². The summed E-state index contributed by atoms with van der Waals surface area (Å²) >= 11 is 1.49. The predicted molar refractivity (Wildman–Crippen MR) is 54.7 cm³/mol. The second-order valence-electron chi connectivity index (χ2n) is 4.16. The molecular weight excluding hydrogens is 184 g/mol. The Labute approximate surface area is 82.1 Å². The number of oxime groups is 1. The van der Waals surface area contributed by atoms with Gasteiger partial charge in [-0.05, 0) is 11.8 Å². The molecule has 0 atom stereocenters. The fourth-order valence-electron chi connectivity index (χ4n) is 1.06. The summed E-state index contributed by atoms with van der Waals surface area (Å²) in [6.07, 6.45) is 2.31. The van der Waals surface area contributed by atoms with Crippen LogP contribution in [-0.4, -0.2) is 16.4 Å². The second-order valence-corrected chi connectivity index (χ2v) is 5.05. The van der Waals surface area contributed by atoms with Gasteiger partial charge in [0.05, 0.1) is 5.69 Å². The Balaban J connectivity index is 2.69. The lowest BCUT2D eigenvalue weighted by Crippen LogP contribution is -2.09. The largest absolute Gasteiger partial charge is 0.411 e. The lowest BCUT2D eigenvalue weighted by atomic mass is 9.91. The molecule has 0 amide bonds. The van der Waals surface area contributed by atoms with Gasteiger partial charge in [-0.25, -0.2) is 4.98 Å². The van der Waals surface area contributed by atoms with Crippen LogP contribution in [0.15, 0.2) is 10.5 Å². The molecule has 0 saturated heterocycles. The van der Waals surface area contributed by atoms with Gasteiger partial charge in [0.25, 0.3) is 0 Å². The summed E-state index contributed by atoms with van der Waals surface area (Å²) in [7, 11) is 0. The van der Waals surface area contributed by atoms with E-state index in [9.17, 15) is 0 Å². The highest BCUT2D eigenvalue weighted by molar-refractivity contribution is 7.11. The Morgan fingerprint density at radius 2 is 2.31 bits per heavy atom. The zero-order valence-electron chi connectivity index (χ0n) is 8.11. The number of thiazole rings is 1. The lowest BCUT2D eigenvalue weighted by Gasteiger charge is -2.15. The third kappa shape index (κ3) is 3.55. The molecule has 4 heteroatoms. The van der Waals surface area contributed by atoms with Crippen LogP contribution in [0, 0.1) is 5.41 Å². The molecule has 13 heavy (non-hydrogen) atoms. The van der Waals surface area contributed by atoms with E-state index < -0.39 is 0 Å². The van der Waals surface area contributed by atoms with Crippen molar-refractivity contribution >= 4 is 17.6 Å². The normalized spacial score (nSPS) is 12.5. The van der Waals surface area contributed by atoms with E-state index >= 15 is 0 Å². The molecule has 0 saturated carbocycles. The van der Waals surface area contributed by atoms with Crippen LogP contribution in [0.4, 0.5) is 0 Å². The molecule has 3 nitrogen and oxygen atoms in total. The maximum Gasteiger partial charge on any atom is 0.138 e. The van der Waals surface area contributed by atoms with E-state index in [1.54, 1.807) is 0 Å². The predicted octanol–water partition coefficient (Wildman–Crippen LogP) is 2.54. The van der Waals surface area contributed by atoms with Gasteiger partial charge in [-0.1, -0.05) is 25.9 Å². The molecule has 1 aromatic rings. The zero-order chi connectivity index (χ0) is 9.90. The van der Waals surface area contributed by atoms with E-state index in [1.165, 1.54) is 17.6 Å². The Morgan fingerprint density at radius 3 is 2.85 bits per heavy atom. The summed E-state index contributed by atoms with van der Waals surface area (Å²) in [5, 5.41) is 14.0. The van der Waals surface area contributed by atoms with Gasteiger partial charge in [-0.3, -0.25) is 0 Å². The summed E-state index contributed by atoms with van der Waals surface area (Å²) in [5.74, 6) is 0. The third-order valence-electron chi connectivity index (χ3n) is 1.45. The minimum atomic E-state index is 0.252. The van der Waals surface area contributed by atoms with E-state index in [4.69, 9.17) is 5.21 Å². The fourth-order valence-corrected chi connectivity index (χ4v) is 1.73. The molecule has 1 aromatic heterocycles. The van der Waals surface area contributed by atoms with Gasteiger partial charge in [0, 0.05) is 5.38 Å². The molecule has 1 N–H and O–H groups in total. The van der Waals surface area contributed by atoms with Crippen molar-refractivity contribution in [3.63, 3.8) is 0 Å². The maximum absolute atomic E-state index is 8.30. The van der Waals surface area contributed by atoms with Gasteiger partial charge < -0.3 is 5.21 Å². The van der Waals surface area contributed by atoms with Gasteiger partial charge >= 0.3 is 0 Å². The van der Waals surface area contributed by atoms with Crippen molar-refractivity contribution in [2.75, 3.05) is 0 Å². The highest BCUT2D eigenvalue weighted by Gasteiger charge is 2.13. The first-order valence-corrected chi connectivity index (χ1v) is 5.01. The van der Waals surface area contributed by atoms with Gasteiger partial charge in [-0.2, -0.15) is 0 Å². The van der Waals surface area contributed by atoms with Gasteiger partial charge in [0.1, 0.15) is 11.2 Å². The SMILES string of the molecule is CC(C)(C)Cc1csc(/C=N\O)n1. The summed E-state index contributed by atoms with van der Waals surface area (Å²) in [6.45, 7) is 6.52. The van der Waals surface area contributed by atoms with Crippen LogP contribution in [0.5, 0.6) is 0 Å². The molecule has 0 aliphatic heterocycles. The zero-order valence-corrected chi connectivity index (χ0v) is 8.93. The van der Waals surface area contributed by atoms with Crippen LogP contribution in [0.25, 0.3) is 0 Å². The van der Waals surface area contributed by atoms with Crippen molar-refractivity contribution in [3.8, 4) is 0 Å². The van der Waals surface area contributed by atoms with Gasteiger partial charge in [0.15, 0.2) is 0 Å². The average molecular weight is 198 g/mol. The third-order valence-corrected chi connectivity index (χ3v) is 2.28. The topological polar surface area (TPSA) is 45.5 Å². The monoisotopic (exact) mass is 198 g/mol. The van der Waals surface area contributed by atoms with Crippen LogP contribution in [0.2, 0.25) is 0 Å². The maximum atomic E-state index is 8.30. The van der Waals surface area contributed by atoms with E-state index in [-0.39, 0.29) is 5.41 Å². The first kappa shape index (κ1) is 10.2. The summed E-state index contributed by atoms with van der Waals surface area (Å²) in [4.78, 5) is 4.29. The Bertz CT molecular complexity index is 299. The molecule has 0 spiro atoms. The number of rotatable bonds is 2. The highest BCUT2D eigenvalue weighted by Crippen LogP contribution is 2.21. The molecule has 72 valence electrons. The summed E-state index contributed by atoms with van der Waals surface area (Å²) in [6, 6.07) is 0. The van der Waals surface area contributed by atoms with E-state index in [1.807, 2.05) is 5.38 Å². The average Bonchev–Trinajstić information content (AvgIpc) is 2.33. The van der Waals surface area contributed by atoms with Crippen molar-refractivity contribution < 1.29 is 5.21 Å². The number of hydrogen-bond acceptors (Lipinski definition) is 4. The Kier molecular flexibility index (Phi) is 3.03. The summed E-state index contributed by atoms with van der Waals surface area (Å²) < 4.78 is 0. The quantitative estimate of drug-likeness (QED) is 0.451. The smallest absolute Gasteiger partial charge is 0.138 e. The molecule has 0 fully saturated rings. The molecule has 0 aliphatic carbocycles. The van der Waals surface area contributed by atoms with Gasteiger partial charge in [0.2, 0.25) is 0 Å². The molecule has 0 radical (unpaired) electrons. The Morgan fingerprint density at radius 1 is 1.62 bits per heavy atom. The van der Waals surface area contributed by atoms with E-state index in [2.05, 4.69) is 30.9 Å². The molecule has 1 rings (SSSR count). The molecule has 0 unspecified atom stereocenters. The lowest BCUT2D eigenvalue weighted by molar-refractivity contribution is 0.322. The van der Waals surface area contributed by atoms with Crippen LogP contribution >= 0.6 is 11.3 Å². The number of aromatic nitrogens is 1. The molecule has 0 aliphatic rings. The molecule has 0 aromatic carbocycles. The minimum Gasteiger partial charge on any atom is -0.411 e. The van der Waals surface area contributed by atoms with Crippen LogP contribution in [0.3, 0.4) is 0 Å². The first-order valence-electron chi connectivity index (χ1n) is 4.13. The van der Waals surface area contributed by atoms with Gasteiger partial charge in [-0.15, -0.1) is 11.3 Å². The fraction of sp³-hybridized carbons (Fsp3) is 0.556. The standard InChI is InChI=1S/C9H14N2OS/c1-9(2,3)4-7-6-13-8(11-7)5-10-12/h5-6,12H,4H2,1-3H3/b10-5-. The van der Waals surface area contributed by atoms with Crippen LogP contribution in [-0.2, 0) is 6.42 Å². The number of nitrogens with zero attached hydrogens (tertiary/aromatic N) is 2. The first-order chi connectivity index (χ1) is 6.01. The van der Waals surface area contributed by atoms with E-state index in [0.29, 0.717) is 0 Å².